The molecule has 0 amide bonds. The Morgan fingerprint density at radius 2 is 1.95 bits per heavy atom. The molecule has 0 aromatic heterocycles. The van der Waals surface area contributed by atoms with E-state index in [1.165, 1.54) is 31.5 Å². The maximum absolute atomic E-state index is 6.03. The van der Waals surface area contributed by atoms with Crippen molar-refractivity contribution in [3.05, 3.63) is 35.9 Å². The van der Waals surface area contributed by atoms with E-state index in [9.17, 15) is 0 Å². The molecule has 1 aliphatic rings. The van der Waals surface area contributed by atoms with E-state index in [0.29, 0.717) is 11.5 Å². The van der Waals surface area contributed by atoms with E-state index in [-0.39, 0.29) is 0 Å². The number of hydrogen-bond acceptors (Lipinski definition) is 2. The van der Waals surface area contributed by atoms with Crippen molar-refractivity contribution in [1.82, 2.24) is 4.90 Å². The molecule has 0 aliphatic carbocycles. The van der Waals surface area contributed by atoms with Gasteiger partial charge in [-0.2, -0.15) is 0 Å². The number of nitrogens with two attached hydrogens (primary N) is 1. The van der Waals surface area contributed by atoms with E-state index in [2.05, 4.69) is 56.0 Å². The van der Waals surface area contributed by atoms with Crippen LogP contribution in [0.2, 0.25) is 0 Å². The third kappa shape index (κ3) is 4.07. The van der Waals surface area contributed by atoms with Gasteiger partial charge in [0.25, 0.3) is 0 Å². The normalized spacial score (nSPS) is 22.1. The first-order valence-corrected chi connectivity index (χ1v) is 7.98. The van der Waals surface area contributed by atoms with Crippen molar-refractivity contribution < 1.29 is 0 Å². The standard InChI is InChI=1S/C18H30N2/c1-18(2,3)16-11-12-20(14-16)17(13-19)10-9-15-7-5-4-6-8-15/h4-8,16-17H,9-14,19H2,1-3H3. The molecule has 2 heteroatoms. The van der Waals surface area contributed by atoms with E-state index in [1.807, 2.05) is 0 Å². The highest BCUT2D eigenvalue weighted by Crippen LogP contribution is 2.34. The van der Waals surface area contributed by atoms with Gasteiger partial charge in [0, 0.05) is 19.1 Å². The van der Waals surface area contributed by atoms with E-state index in [4.69, 9.17) is 5.73 Å². The summed E-state index contributed by atoms with van der Waals surface area (Å²) < 4.78 is 0. The third-order valence-electron chi connectivity index (χ3n) is 4.84. The second kappa shape index (κ2) is 6.73. The predicted octanol–water partition coefficient (Wildman–Crippen LogP) is 3.31. The van der Waals surface area contributed by atoms with Crippen molar-refractivity contribution in [2.75, 3.05) is 19.6 Å². The maximum Gasteiger partial charge on any atom is 0.0221 e. The maximum atomic E-state index is 6.03. The zero-order valence-electron chi connectivity index (χ0n) is 13.3. The molecule has 0 radical (unpaired) electrons. The van der Waals surface area contributed by atoms with Crippen LogP contribution in [0.4, 0.5) is 0 Å². The summed E-state index contributed by atoms with van der Waals surface area (Å²) in [4.78, 5) is 2.62. The Bertz CT molecular complexity index is 394. The summed E-state index contributed by atoms with van der Waals surface area (Å²) in [5, 5.41) is 0. The Hall–Kier alpha value is -0.860. The molecule has 2 nitrogen and oxygen atoms in total. The molecule has 1 heterocycles. The van der Waals surface area contributed by atoms with Gasteiger partial charge in [0.1, 0.15) is 0 Å². The fraction of sp³-hybridized carbons (Fsp3) is 0.667. The summed E-state index contributed by atoms with van der Waals surface area (Å²) in [6, 6.07) is 11.3. The molecule has 2 N–H and O–H groups in total. The summed E-state index contributed by atoms with van der Waals surface area (Å²) in [6.07, 6.45) is 3.64. The molecule has 112 valence electrons. The smallest absolute Gasteiger partial charge is 0.0221 e. The Balaban J connectivity index is 1.87. The lowest BCUT2D eigenvalue weighted by atomic mass is 9.80. The molecule has 1 aromatic rings. The quantitative estimate of drug-likeness (QED) is 0.892. The van der Waals surface area contributed by atoms with E-state index >= 15 is 0 Å². The summed E-state index contributed by atoms with van der Waals surface area (Å²) in [5.41, 5.74) is 7.88. The minimum atomic E-state index is 0.424. The molecule has 20 heavy (non-hydrogen) atoms. The van der Waals surface area contributed by atoms with Gasteiger partial charge in [-0.1, -0.05) is 51.1 Å². The predicted molar refractivity (Wildman–Crippen MR) is 86.7 cm³/mol. The highest BCUT2D eigenvalue weighted by Gasteiger charge is 2.34. The van der Waals surface area contributed by atoms with Gasteiger partial charge in [0.2, 0.25) is 0 Å². The minimum absolute atomic E-state index is 0.424. The zero-order chi connectivity index (χ0) is 14.6. The van der Waals surface area contributed by atoms with E-state index in [0.717, 1.165) is 18.9 Å². The summed E-state index contributed by atoms with van der Waals surface area (Å²) >= 11 is 0. The largest absolute Gasteiger partial charge is 0.329 e. The first-order chi connectivity index (χ1) is 9.50. The van der Waals surface area contributed by atoms with Gasteiger partial charge < -0.3 is 5.73 Å². The van der Waals surface area contributed by atoms with E-state index < -0.39 is 0 Å². The Morgan fingerprint density at radius 3 is 2.50 bits per heavy atom. The molecule has 1 fully saturated rings. The van der Waals surface area contributed by atoms with Crippen LogP contribution in [0.1, 0.15) is 39.2 Å². The SMILES string of the molecule is CC(C)(C)C1CCN(C(CN)CCc2ccccc2)C1. The van der Waals surface area contributed by atoms with Crippen LogP contribution in [-0.4, -0.2) is 30.6 Å². The van der Waals surface area contributed by atoms with Crippen LogP contribution < -0.4 is 5.73 Å². The van der Waals surface area contributed by atoms with Gasteiger partial charge in [0.15, 0.2) is 0 Å². The van der Waals surface area contributed by atoms with Crippen LogP contribution in [0, 0.1) is 11.3 Å². The number of nitrogens with zero attached hydrogens (tertiary/aromatic N) is 1. The van der Waals surface area contributed by atoms with Gasteiger partial charge in [-0.25, -0.2) is 0 Å². The number of hydrogen-bond donors (Lipinski definition) is 1. The van der Waals surface area contributed by atoms with Gasteiger partial charge >= 0.3 is 0 Å². The van der Waals surface area contributed by atoms with Gasteiger partial charge in [-0.05, 0) is 42.7 Å². The molecular formula is C18H30N2. The first-order valence-electron chi connectivity index (χ1n) is 7.98. The van der Waals surface area contributed by atoms with Crippen molar-refractivity contribution in [2.24, 2.45) is 17.1 Å². The van der Waals surface area contributed by atoms with Crippen molar-refractivity contribution in [3.8, 4) is 0 Å². The molecular weight excluding hydrogens is 244 g/mol. The molecule has 1 saturated heterocycles. The topological polar surface area (TPSA) is 29.3 Å². The van der Waals surface area contributed by atoms with Crippen LogP contribution in [0.25, 0.3) is 0 Å². The monoisotopic (exact) mass is 274 g/mol. The third-order valence-corrected chi connectivity index (χ3v) is 4.84. The van der Waals surface area contributed by atoms with Crippen LogP contribution in [-0.2, 0) is 6.42 Å². The molecule has 2 atom stereocenters. The lowest BCUT2D eigenvalue weighted by Gasteiger charge is -2.30. The molecule has 1 aliphatic heterocycles. The van der Waals surface area contributed by atoms with Crippen molar-refractivity contribution in [1.29, 1.82) is 0 Å². The molecule has 1 aromatic carbocycles. The molecule has 2 rings (SSSR count). The fourth-order valence-electron chi connectivity index (χ4n) is 3.25. The average molecular weight is 274 g/mol. The highest BCUT2D eigenvalue weighted by molar-refractivity contribution is 5.14. The van der Waals surface area contributed by atoms with Gasteiger partial charge in [-0.3, -0.25) is 4.90 Å². The summed E-state index contributed by atoms with van der Waals surface area (Å²) in [5.74, 6) is 0.813. The summed E-state index contributed by atoms with van der Waals surface area (Å²) in [6.45, 7) is 10.3. The van der Waals surface area contributed by atoms with Crippen LogP contribution in [0.15, 0.2) is 30.3 Å². The molecule has 0 bridgehead atoms. The first kappa shape index (κ1) is 15.5. The second-order valence-electron chi connectivity index (χ2n) is 7.26. The number of benzene rings is 1. The zero-order valence-corrected chi connectivity index (χ0v) is 13.3. The van der Waals surface area contributed by atoms with Crippen molar-refractivity contribution >= 4 is 0 Å². The molecule has 0 saturated carbocycles. The Labute approximate surface area is 124 Å². The van der Waals surface area contributed by atoms with E-state index in [1.54, 1.807) is 0 Å². The lowest BCUT2D eigenvalue weighted by Crippen LogP contribution is -2.40. The number of likely N-dealkylation sites (tertiary alicyclic amines) is 1. The van der Waals surface area contributed by atoms with Crippen LogP contribution in [0.3, 0.4) is 0 Å². The Morgan fingerprint density at radius 1 is 1.25 bits per heavy atom. The van der Waals surface area contributed by atoms with Crippen molar-refractivity contribution in [3.63, 3.8) is 0 Å². The second-order valence-corrected chi connectivity index (χ2v) is 7.26. The van der Waals surface area contributed by atoms with Crippen molar-refractivity contribution in [2.45, 2.75) is 46.1 Å². The Kier molecular flexibility index (Phi) is 5.22. The number of rotatable bonds is 5. The fourth-order valence-corrected chi connectivity index (χ4v) is 3.25. The molecule has 0 spiro atoms. The van der Waals surface area contributed by atoms with Gasteiger partial charge in [0.05, 0.1) is 0 Å². The summed E-state index contributed by atoms with van der Waals surface area (Å²) in [7, 11) is 0. The lowest BCUT2D eigenvalue weighted by molar-refractivity contribution is 0.191. The van der Waals surface area contributed by atoms with Crippen LogP contribution in [0.5, 0.6) is 0 Å². The average Bonchev–Trinajstić information content (AvgIpc) is 2.90. The number of aryl methyl sites for hydroxylation is 1. The highest BCUT2D eigenvalue weighted by atomic mass is 15.2. The van der Waals surface area contributed by atoms with Gasteiger partial charge in [-0.15, -0.1) is 0 Å². The van der Waals surface area contributed by atoms with Crippen LogP contribution >= 0.6 is 0 Å². The minimum Gasteiger partial charge on any atom is -0.329 e. The molecule has 2 unspecified atom stereocenters.